The number of hydrogen-bond acceptors (Lipinski definition) is 2. The molecule has 0 aliphatic rings. The third-order valence-corrected chi connectivity index (χ3v) is 4.05. The molecule has 2 aromatic rings. The van der Waals surface area contributed by atoms with E-state index in [2.05, 4.69) is 4.98 Å². The van der Waals surface area contributed by atoms with Crippen LogP contribution >= 0.6 is 23.2 Å². The molecule has 0 aliphatic heterocycles. The van der Waals surface area contributed by atoms with Gasteiger partial charge in [0.25, 0.3) is 0 Å². The Bertz CT molecular complexity index is 635. The van der Waals surface area contributed by atoms with Gasteiger partial charge in [0.2, 0.25) is 5.91 Å². The van der Waals surface area contributed by atoms with Gasteiger partial charge in [0, 0.05) is 31.1 Å². The Balaban J connectivity index is 2.24. The van der Waals surface area contributed by atoms with Gasteiger partial charge >= 0.3 is 0 Å². The van der Waals surface area contributed by atoms with Gasteiger partial charge < -0.3 is 9.47 Å². The molecular weight excluding hydrogens is 309 g/mol. The monoisotopic (exact) mass is 327 g/mol. The number of imidazole rings is 1. The van der Waals surface area contributed by atoms with E-state index in [0.29, 0.717) is 23.9 Å². The van der Waals surface area contributed by atoms with Crippen LogP contribution in [0.25, 0.3) is 11.0 Å². The van der Waals surface area contributed by atoms with Crippen molar-refractivity contribution >= 4 is 40.1 Å². The summed E-state index contributed by atoms with van der Waals surface area (Å²) in [6, 6.07) is 5.54. The first-order valence-corrected chi connectivity index (χ1v) is 8.00. The zero-order chi connectivity index (χ0) is 15.4. The van der Waals surface area contributed by atoms with E-state index in [1.807, 2.05) is 35.4 Å². The highest BCUT2D eigenvalue weighted by molar-refractivity contribution is 6.31. The number of fused-ring (bicyclic) bond motifs is 1. The smallest absolute Gasteiger partial charge is 0.224 e. The van der Waals surface area contributed by atoms with Gasteiger partial charge in [0.05, 0.1) is 16.9 Å². The highest BCUT2D eigenvalue weighted by Gasteiger charge is 2.14. The van der Waals surface area contributed by atoms with Gasteiger partial charge in [-0.15, -0.1) is 11.6 Å². The summed E-state index contributed by atoms with van der Waals surface area (Å²) in [6.07, 6.45) is 0.434. The lowest BCUT2D eigenvalue weighted by Gasteiger charge is -2.19. The van der Waals surface area contributed by atoms with Crippen LogP contribution in [0.4, 0.5) is 0 Å². The van der Waals surface area contributed by atoms with Gasteiger partial charge in [-0.2, -0.15) is 0 Å². The Morgan fingerprint density at radius 2 is 2.05 bits per heavy atom. The molecular formula is C15H19Cl2N3O. The average Bonchev–Trinajstić information content (AvgIpc) is 2.83. The molecule has 4 nitrogen and oxygen atoms in total. The van der Waals surface area contributed by atoms with Crippen LogP contribution in [-0.2, 0) is 17.2 Å². The second-order valence-electron chi connectivity index (χ2n) is 4.76. The number of amides is 1. The quantitative estimate of drug-likeness (QED) is 0.759. The topological polar surface area (TPSA) is 38.1 Å². The lowest BCUT2D eigenvalue weighted by atomic mass is 10.3. The van der Waals surface area contributed by atoms with Crippen LogP contribution in [0.5, 0.6) is 0 Å². The van der Waals surface area contributed by atoms with Crippen molar-refractivity contribution in [2.24, 2.45) is 0 Å². The molecule has 114 valence electrons. The number of carbonyl (C=O) groups is 1. The number of nitrogens with zero attached hydrogens (tertiary/aromatic N) is 3. The molecule has 6 heteroatoms. The van der Waals surface area contributed by atoms with E-state index >= 15 is 0 Å². The highest BCUT2D eigenvalue weighted by atomic mass is 35.5. The Morgan fingerprint density at radius 3 is 2.67 bits per heavy atom. The first-order valence-electron chi connectivity index (χ1n) is 7.09. The highest BCUT2D eigenvalue weighted by Crippen LogP contribution is 2.22. The van der Waals surface area contributed by atoms with Crippen molar-refractivity contribution in [3.05, 3.63) is 29.0 Å². The van der Waals surface area contributed by atoms with Crippen LogP contribution in [0.2, 0.25) is 5.02 Å². The van der Waals surface area contributed by atoms with Crippen molar-refractivity contribution in [1.29, 1.82) is 0 Å². The van der Waals surface area contributed by atoms with Crippen molar-refractivity contribution < 1.29 is 4.79 Å². The Hall–Kier alpha value is -1.26. The summed E-state index contributed by atoms with van der Waals surface area (Å²) >= 11 is 12.0. The first kappa shape index (κ1) is 16.1. The van der Waals surface area contributed by atoms with Gasteiger partial charge in [-0.25, -0.2) is 4.98 Å². The van der Waals surface area contributed by atoms with Crippen LogP contribution < -0.4 is 0 Å². The van der Waals surface area contributed by atoms with Crippen molar-refractivity contribution in [3.63, 3.8) is 0 Å². The maximum absolute atomic E-state index is 12.1. The van der Waals surface area contributed by atoms with Crippen LogP contribution in [0.3, 0.4) is 0 Å². The number of halogens is 2. The van der Waals surface area contributed by atoms with Gasteiger partial charge in [-0.05, 0) is 32.0 Å². The van der Waals surface area contributed by atoms with Gasteiger partial charge in [0.15, 0.2) is 0 Å². The summed E-state index contributed by atoms with van der Waals surface area (Å²) < 4.78 is 1.98. The van der Waals surface area contributed by atoms with Crippen molar-refractivity contribution in [1.82, 2.24) is 14.5 Å². The zero-order valence-electron chi connectivity index (χ0n) is 12.3. The van der Waals surface area contributed by atoms with E-state index < -0.39 is 0 Å². The first-order chi connectivity index (χ1) is 10.1. The molecule has 1 heterocycles. The molecule has 0 bridgehead atoms. The molecule has 0 fully saturated rings. The predicted molar refractivity (Wildman–Crippen MR) is 86.8 cm³/mol. The fourth-order valence-corrected chi connectivity index (χ4v) is 2.81. The SMILES string of the molecule is CCN(CC)C(=O)CCn1c(CCl)nc2ccc(Cl)cc21. The molecule has 0 N–H and O–H groups in total. The third kappa shape index (κ3) is 3.50. The van der Waals surface area contributed by atoms with E-state index in [0.717, 1.165) is 29.9 Å². The summed E-state index contributed by atoms with van der Waals surface area (Å²) in [5.74, 6) is 1.22. The minimum atomic E-state index is 0.143. The van der Waals surface area contributed by atoms with Crippen molar-refractivity contribution in [2.75, 3.05) is 13.1 Å². The van der Waals surface area contributed by atoms with Crippen LogP contribution in [0.1, 0.15) is 26.1 Å². The molecule has 1 aromatic carbocycles. The lowest BCUT2D eigenvalue weighted by Crippen LogP contribution is -2.31. The van der Waals surface area contributed by atoms with Crippen molar-refractivity contribution in [3.8, 4) is 0 Å². The largest absolute Gasteiger partial charge is 0.343 e. The molecule has 0 saturated carbocycles. The Morgan fingerprint density at radius 1 is 1.33 bits per heavy atom. The van der Waals surface area contributed by atoms with E-state index in [4.69, 9.17) is 23.2 Å². The molecule has 21 heavy (non-hydrogen) atoms. The van der Waals surface area contributed by atoms with E-state index in [9.17, 15) is 4.79 Å². The Kier molecular flexibility index (Phi) is 5.48. The lowest BCUT2D eigenvalue weighted by molar-refractivity contribution is -0.131. The molecule has 0 atom stereocenters. The number of hydrogen-bond donors (Lipinski definition) is 0. The summed E-state index contributed by atoms with van der Waals surface area (Å²) in [5, 5.41) is 0.653. The fourth-order valence-electron chi connectivity index (χ4n) is 2.44. The van der Waals surface area contributed by atoms with Crippen LogP contribution in [0, 0.1) is 0 Å². The van der Waals surface area contributed by atoms with Gasteiger partial charge in [-0.1, -0.05) is 11.6 Å². The van der Waals surface area contributed by atoms with E-state index in [-0.39, 0.29) is 5.91 Å². The van der Waals surface area contributed by atoms with E-state index in [1.54, 1.807) is 6.07 Å². The van der Waals surface area contributed by atoms with Crippen LogP contribution in [-0.4, -0.2) is 33.4 Å². The standard InChI is InChI=1S/C15H19Cl2N3O/c1-3-19(4-2)15(21)7-8-20-13-9-11(17)5-6-12(13)18-14(20)10-16/h5-6,9H,3-4,7-8,10H2,1-2H3. The minimum Gasteiger partial charge on any atom is -0.343 e. The van der Waals surface area contributed by atoms with E-state index in [1.165, 1.54) is 0 Å². The predicted octanol–water partition coefficient (Wildman–Crippen LogP) is 3.69. The number of benzene rings is 1. The fraction of sp³-hybridized carbons (Fsp3) is 0.467. The number of carbonyl (C=O) groups excluding carboxylic acids is 1. The molecule has 1 aromatic heterocycles. The van der Waals surface area contributed by atoms with Crippen molar-refractivity contribution in [2.45, 2.75) is 32.7 Å². The van der Waals surface area contributed by atoms with Gasteiger partial charge in [0.1, 0.15) is 5.82 Å². The summed E-state index contributed by atoms with van der Waals surface area (Å²) in [6.45, 7) is 5.99. The summed E-state index contributed by atoms with van der Waals surface area (Å²) in [5.41, 5.74) is 1.77. The number of alkyl halides is 1. The molecule has 0 radical (unpaired) electrons. The molecule has 0 spiro atoms. The minimum absolute atomic E-state index is 0.143. The molecule has 1 amide bonds. The molecule has 0 saturated heterocycles. The molecule has 0 aliphatic carbocycles. The number of aromatic nitrogens is 2. The molecule has 2 rings (SSSR count). The third-order valence-electron chi connectivity index (χ3n) is 3.57. The number of aryl methyl sites for hydroxylation is 1. The summed E-state index contributed by atoms with van der Waals surface area (Å²) in [7, 11) is 0. The second kappa shape index (κ2) is 7.14. The van der Waals surface area contributed by atoms with Crippen LogP contribution in [0.15, 0.2) is 18.2 Å². The zero-order valence-corrected chi connectivity index (χ0v) is 13.8. The summed E-state index contributed by atoms with van der Waals surface area (Å²) in [4.78, 5) is 18.4. The average molecular weight is 328 g/mol. The molecule has 0 unspecified atom stereocenters. The normalized spacial score (nSPS) is 11.0. The number of rotatable bonds is 6. The van der Waals surface area contributed by atoms with Gasteiger partial charge in [-0.3, -0.25) is 4.79 Å². The second-order valence-corrected chi connectivity index (χ2v) is 5.47. The maximum atomic E-state index is 12.1. The Labute approximate surface area is 134 Å². The maximum Gasteiger partial charge on any atom is 0.224 e.